The highest BCUT2D eigenvalue weighted by Crippen LogP contribution is 2.27. The van der Waals surface area contributed by atoms with Crippen LogP contribution in [0.25, 0.3) is 0 Å². The molecule has 20 heavy (non-hydrogen) atoms. The first-order valence-corrected chi connectivity index (χ1v) is 7.45. The van der Waals surface area contributed by atoms with Crippen LogP contribution in [0.15, 0.2) is 41.3 Å². The van der Waals surface area contributed by atoms with Gasteiger partial charge in [0.2, 0.25) is 0 Å². The molecule has 0 aliphatic rings. The number of carbonyl (C=O) groups excluding carboxylic acids is 1. The standard InChI is InChI=1S/C17H17FOS/c1-11-6-12(2)8-14(7-11)10-20-17-5-4-15(13(3)19)9-16(17)18/h4-9H,10H2,1-3H3. The molecule has 0 fully saturated rings. The number of hydrogen-bond donors (Lipinski definition) is 0. The van der Waals surface area contributed by atoms with Crippen molar-refractivity contribution in [3.05, 3.63) is 64.5 Å². The van der Waals surface area contributed by atoms with Gasteiger partial charge in [-0.05, 0) is 38.5 Å². The summed E-state index contributed by atoms with van der Waals surface area (Å²) in [6, 6.07) is 11.0. The van der Waals surface area contributed by atoms with E-state index < -0.39 is 0 Å². The van der Waals surface area contributed by atoms with Crippen LogP contribution in [0.2, 0.25) is 0 Å². The van der Waals surface area contributed by atoms with Gasteiger partial charge in [0, 0.05) is 16.2 Å². The van der Waals surface area contributed by atoms with Gasteiger partial charge >= 0.3 is 0 Å². The number of Topliss-reactive ketones (excluding diaryl/α,β-unsaturated/α-hetero) is 1. The van der Waals surface area contributed by atoms with Crippen LogP contribution >= 0.6 is 11.8 Å². The lowest BCUT2D eigenvalue weighted by atomic mass is 10.1. The summed E-state index contributed by atoms with van der Waals surface area (Å²) in [6.45, 7) is 5.56. The maximum Gasteiger partial charge on any atom is 0.159 e. The molecular formula is C17H17FOS. The Hall–Kier alpha value is -1.61. The molecule has 0 spiro atoms. The van der Waals surface area contributed by atoms with Crippen molar-refractivity contribution in [3.63, 3.8) is 0 Å². The van der Waals surface area contributed by atoms with Crippen molar-refractivity contribution >= 4 is 17.5 Å². The lowest BCUT2D eigenvalue weighted by Gasteiger charge is -2.07. The number of hydrogen-bond acceptors (Lipinski definition) is 2. The van der Waals surface area contributed by atoms with Crippen LogP contribution in [0.5, 0.6) is 0 Å². The van der Waals surface area contributed by atoms with Gasteiger partial charge in [-0.3, -0.25) is 4.79 Å². The first-order chi connectivity index (χ1) is 9.45. The molecule has 2 aromatic carbocycles. The number of ketones is 1. The van der Waals surface area contributed by atoms with Gasteiger partial charge in [0.25, 0.3) is 0 Å². The first kappa shape index (κ1) is 14.8. The van der Waals surface area contributed by atoms with Crippen LogP contribution in [0, 0.1) is 19.7 Å². The maximum absolute atomic E-state index is 13.9. The number of rotatable bonds is 4. The van der Waals surface area contributed by atoms with Gasteiger partial charge in [0.1, 0.15) is 5.82 Å². The average molecular weight is 288 g/mol. The molecule has 104 valence electrons. The van der Waals surface area contributed by atoms with Gasteiger partial charge < -0.3 is 0 Å². The number of aryl methyl sites for hydroxylation is 2. The van der Waals surface area contributed by atoms with E-state index >= 15 is 0 Å². The second-order valence-corrected chi connectivity index (χ2v) is 6.00. The fourth-order valence-electron chi connectivity index (χ4n) is 2.15. The maximum atomic E-state index is 13.9. The minimum absolute atomic E-state index is 0.116. The third-order valence-corrected chi connectivity index (χ3v) is 4.13. The van der Waals surface area contributed by atoms with Crippen molar-refractivity contribution < 1.29 is 9.18 Å². The number of carbonyl (C=O) groups is 1. The van der Waals surface area contributed by atoms with E-state index in [4.69, 9.17) is 0 Å². The van der Waals surface area contributed by atoms with E-state index in [1.54, 1.807) is 12.1 Å². The van der Waals surface area contributed by atoms with Crippen LogP contribution in [0.3, 0.4) is 0 Å². The Morgan fingerprint density at radius 1 is 1.10 bits per heavy atom. The molecule has 0 saturated heterocycles. The van der Waals surface area contributed by atoms with Crippen LogP contribution in [0.4, 0.5) is 4.39 Å². The molecule has 2 rings (SSSR count). The van der Waals surface area contributed by atoms with Crippen molar-refractivity contribution in [3.8, 4) is 0 Å². The highest BCUT2D eigenvalue weighted by atomic mass is 32.2. The second-order valence-electron chi connectivity index (χ2n) is 4.99. The van der Waals surface area contributed by atoms with E-state index in [-0.39, 0.29) is 11.6 Å². The minimum atomic E-state index is -0.327. The van der Waals surface area contributed by atoms with Crippen molar-refractivity contribution in [2.75, 3.05) is 0 Å². The van der Waals surface area contributed by atoms with Crippen molar-refractivity contribution in [2.45, 2.75) is 31.4 Å². The largest absolute Gasteiger partial charge is 0.295 e. The molecule has 0 bridgehead atoms. The SMILES string of the molecule is CC(=O)c1ccc(SCc2cc(C)cc(C)c2)c(F)c1. The lowest BCUT2D eigenvalue weighted by molar-refractivity contribution is 0.101. The van der Waals surface area contributed by atoms with E-state index in [1.165, 1.54) is 41.4 Å². The monoisotopic (exact) mass is 288 g/mol. The van der Waals surface area contributed by atoms with Crippen LogP contribution in [-0.2, 0) is 5.75 Å². The van der Waals surface area contributed by atoms with Crippen molar-refractivity contribution in [2.24, 2.45) is 0 Å². The molecule has 0 aliphatic carbocycles. The normalized spacial score (nSPS) is 10.6. The third-order valence-electron chi connectivity index (χ3n) is 3.01. The Morgan fingerprint density at radius 2 is 1.75 bits per heavy atom. The van der Waals surface area contributed by atoms with E-state index in [0.717, 1.165) is 5.75 Å². The van der Waals surface area contributed by atoms with E-state index in [2.05, 4.69) is 32.0 Å². The number of halogens is 1. The Morgan fingerprint density at radius 3 is 2.30 bits per heavy atom. The van der Waals surface area contributed by atoms with Gasteiger partial charge in [0.15, 0.2) is 5.78 Å². The molecule has 0 heterocycles. The van der Waals surface area contributed by atoms with Gasteiger partial charge in [-0.2, -0.15) is 0 Å². The minimum Gasteiger partial charge on any atom is -0.295 e. The zero-order valence-electron chi connectivity index (χ0n) is 11.9. The molecule has 1 nitrogen and oxygen atoms in total. The highest BCUT2D eigenvalue weighted by Gasteiger charge is 2.07. The Bertz CT molecular complexity index is 629. The summed E-state index contributed by atoms with van der Waals surface area (Å²) in [7, 11) is 0. The van der Waals surface area contributed by atoms with E-state index in [9.17, 15) is 9.18 Å². The highest BCUT2D eigenvalue weighted by molar-refractivity contribution is 7.98. The van der Waals surface area contributed by atoms with Gasteiger partial charge in [-0.25, -0.2) is 4.39 Å². The van der Waals surface area contributed by atoms with E-state index in [1.807, 2.05) is 0 Å². The summed E-state index contributed by atoms with van der Waals surface area (Å²) in [6.07, 6.45) is 0. The molecule has 0 N–H and O–H groups in total. The molecule has 0 aromatic heterocycles. The Kier molecular flexibility index (Phi) is 4.61. The van der Waals surface area contributed by atoms with Crippen LogP contribution < -0.4 is 0 Å². The van der Waals surface area contributed by atoms with Crippen LogP contribution in [0.1, 0.15) is 34.0 Å². The molecule has 2 aromatic rings. The molecule has 0 saturated carbocycles. The topological polar surface area (TPSA) is 17.1 Å². The van der Waals surface area contributed by atoms with Crippen molar-refractivity contribution in [1.82, 2.24) is 0 Å². The van der Waals surface area contributed by atoms with Gasteiger partial charge in [-0.1, -0.05) is 35.4 Å². The van der Waals surface area contributed by atoms with Gasteiger partial charge in [-0.15, -0.1) is 11.8 Å². The average Bonchev–Trinajstić information content (AvgIpc) is 2.36. The lowest BCUT2D eigenvalue weighted by Crippen LogP contribution is -1.94. The van der Waals surface area contributed by atoms with Gasteiger partial charge in [0.05, 0.1) is 0 Å². The molecule has 0 atom stereocenters. The zero-order valence-corrected chi connectivity index (χ0v) is 12.7. The molecule has 0 radical (unpaired) electrons. The summed E-state index contributed by atoms with van der Waals surface area (Å²) in [5, 5.41) is 0. The Balaban J connectivity index is 2.12. The predicted molar refractivity (Wildman–Crippen MR) is 81.9 cm³/mol. The fraction of sp³-hybridized carbons (Fsp3) is 0.235. The molecule has 0 amide bonds. The predicted octanol–water partition coefficient (Wildman–Crippen LogP) is 4.94. The summed E-state index contributed by atoms with van der Waals surface area (Å²) in [4.78, 5) is 11.8. The molecular weight excluding hydrogens is 271 g/mol. The molecule has 3 heteroatoms. The number of benzene rings is 2. The van der Waals surface area contributed by atoms with E-state index in [0.29, 0.717) is 10.5 Å². The smallest absolute Gasteiger partial charge is 0.159 e. The third kappa shape index (κ3) is 3.70. The zero-order chi connectivity index (χ0) is 14.7. The summed E-state index contributed by atoms with van der Waals surface area (Å²) >= 11 is 1.45. The van der Waals surface area contributed by atoms with Crippen LogP contribution in [-0.4, -0.2) is 5.78 Å². The summed E-state index contributed by atoms with van der Waals surface area (Å²) < 4.78 is 13.9. The quantitative estimate of drug-likeness (QED) is 0.585. The van der Waals surface area contributed by atoms with Crippen molar-refractivity contribution in [1.29, 1.82) is 0 Å². The fourth-order valence-corrected chi connectivity index (χ4v) is 3.00. The second kappa shape index (κ2) is 6.23. The first-order valence-electron chi connectivity index (χ1n) is 6.46. The molecule has 0 aliphatic heterocycles. The number of thioether (sulfide) groups is 1. The summed E-state index contributed by atoms with van der Waals surface area (Å²) in [5.74, 6) is 0.278. The summed E-state index contributed by atoms with van der Waals surface area (Å²) in [5.41, 5.74) is 4.03. The molecule has 0 unspecified atom stereocenters. The Labute approximate surface area is 123 Å².